The summed E-state index contributed by atoms with van der Waals surface area (Å²) in [6.45, 7) is 4.33. The zero-order chi connectivity index (χ0) is 35.1. The third-order valence-electron chi connectivity index (χ3n) is 8.26. The van der Waals surface area contributed by atoms with E-state index in [9.17, 15) is 25.2 Å². The maximum Gasteiger partial charge on any atom is 0.306 e. The second-order valence-electron chi connectivity index (χ2n) is 12.6. The second kappa shape index (κ2) is 31.2. The zero-order valence-electron chi connectivity index (χ0n) is 30.0. The van der Waals surface area contributed by atoms with Crippen LogP contribution in [-0.2, 0) is 23.7 Å². The molecule has 1 fully saturated rings. The number of hydrogen-bond acceptors (Lipinski definition) is 9. The Hall–Kier alpha value is -1.85. The molecule has 278 valence electrons. The minimum atomic E-state index is -1.54. The first-order chi connectivity index (χ1) is 23.4. The summed E-state index contributed by atoms with van der Waals surface area (Å²) in [6.07, 6.45) is 28.7. The molecular weight excluding hydrogens is 612 g/mol. The number of aliphatic hydroxyl groups is 4. The van der Waals surface area contributed by atoms with Gasteiger partial charge in [0.05, 0.1) is 19.8 Å². The Bertz CT molecular complexity index is 870. The standard InChI is InChI=1S/C39H68O9/c1-3-5-7-9-11-12-13-14-15-16-17-18-19-20-21-23-25-27-29-45-31-33(47-35(41)28-26-24-22-10-8-6-4-2)32-46-39-38(44)37(43)36(42)34(30-40)48-39/h5,7,11-12,14-15,17-18,33-34,36-40,42-44H,3-4,6,8-10,13,16,19-32H2,1-2H3/b7-5-,12-11-,15-14-,18-17-. The van der Waals surface area contributed by atoms with Crippen molar-refractivity contribution in [3.05, 3.63) is 48.6 Å². The van der Waals surface area contributed by atoms with E-state index in [4.69, 9.17) is 18.9 Å². The van der Waals surface area contributed by atoms with Crippen LogP contribution in [0.2, 0.25) is 0 Å². The Morgan fingerprint density at radius 3 is 1.92 bits per heavy atom. The van der Waals surface area contributed by atoms with E-state index in [-0.39, 0.29) is 19.2 Å². The van der Waals surface area contributed by atoms with Crippen molar-refractivity contribution in [2.24, 2.45) is 0 Å². The van der Waals surface area contributed by atoms with Gasteiger partial charge in [0, 0.05) is 13.0 Å². The number of esters is 1. The van der Waals surface area contributed by atoms with E-state index in [0.717, 1.165) is 70.6 Å². The van der Waals surface area contributed by atoms with E-state index in [1.54, 1.807) is 0 Å². The summed E-state index contributed by atoms with van der Waals surface area (Å²) in [4.78, 5) is 12.6. The Morgan fingerprint density at radius 2 is 1.27 bits per heavy atom. The van der Waals surface area contributed by atoms with E-state index < -0.39 is 43.4 Å². The molecule has 6 atom stereocenters. The summed E-state index contributed by atoms with van der Waals surface area (Å²) >= 11 is 0. The SMILES string of the molecule is CC/C=C\C/C=C\C/C=C\C/C=C\CCCCCCCOCC(COC1OC(CO)C(O)C(O)C1O)OC(=O)CCCCCCCCC. The molecule has 0 saturated carbocycles. The highest BCUT2D eigenvalue weighted by Gasteiger charge is 2.44. The van der Waals surface area contributed by atoms with Crippen molar-refractivity contribution < 1.29 is 44.2 Å². The number of rotatable bonds is 30. The molecule has 0 radical (unpaired) electrons. The summed E-state index contributed by atoms with van der Waals surface area (Å²) in [5, 5.41) is 39.8. The van der Waals surface area contributed by atoms with Gasteiger partial charge in [0.1, 0.15) is 30.5 Å². The molecule has 6 unspecified atom stereocenters. The lowest BCUT2D eigenvalue weighted by atomic mass is 9.99. The van der Waals surface area contributed by atoms with Gasteiger partial charge in [0.15, 0.2) is 6.29 Å². The molecule has 0 aromatic heterocycles. The normalized spacial score (nSPS) is 22.5. The van der Waals surface area contributed by atoms with E-state index in [1.165, 1.54) is 38.5 Å². The molecule has 9 nitrogen and oxygen atoms in total. The monoisotopic (exact) mass is 680 g/mol. The second-order valence-corrected chi connectivity index (χ2v) is 12.6. The molecule has 1 aliphatic heterocycles. The Balaban J connectivity index is 2.30. The van der Waals surface area contributed by atoms with Crippen LogP contribution in [0.4, 0.5) is 0 Å². The van der Waals surface area contributed by atoms with Crippen LogP contribution in [0.3, 0.4) is 0 Å². The fourth-order valence-corrected chi connectivity index (χ4v) is 5.30. The number of allylic oxidation sites excluding steroid dienone is 8. The van der Waals surface area contributed by atoms with Gasteiger partial charge in [-0.15, -0.1) is 0 Å². The van der Waals surface area contributed by atoms with Crippen molar-refractivity contribution in [3.8, 4) is 0 Å². The minimum Gasteiger partial charge on any atom is -0.457 e. The van der Waals surface area contributed by atoms with Crippen LogP contribution < -0.4 is 0 Å². The van der Waals surface area contributed by atoms with Crippen LogP contribution in [0.1, 0.15) is 129 Å². The first kappa shape index (κ1) is 44.2. The smallest absolute Gasteiger partial charge is 0.306 e. The van der Waals surface area contributed by atoms with Gasteiger partial charge >= 0.3 is 5.97 Å². The van der Waals surface area contributed by atoms with Gasteiger partial charge in [-0.05, 0) is 51.4 Å². The molecule has 0 aromatic rings. The lowest BCUT2D eigenvalue weighted by molar-refractivity contribution is -0.305. The average molecular weight is 681 g/mol. The van der Waals surface area contributed by atoms with Gasteiger partial charge < -0.3 is 39.4 Å². The summed E-state index contributed by atoms with van der Waals surface area (Å²) in [5.41, 5.74) is 0. The van der Waals surface area contributed by atoms with E-state index in [1.807, 2.05) is 0 Å². The number of ether oxygens (including phenoxy) is 4. The van der Waals surface area contributed by atoms with Crippen molar-refractivity contribution in [3.63, 3.8) is 0 Å². The summed E-state index contributed by atoms with van der Waals surface area (Å²) in [5.74, 6) is -0.331. The average Bonchev–Trinajstić information content (AvgIpc) is 3.08. The van der Waals surface area contributed by atoms with Gasteiger partial charge in [-0.2, -0.15) is 0 Å². The first-order valence-electron chi connectivity index (χ1n) is 18.7. The lowest BCUT2D eigenvalue weighted by Gasteiger charge is -2.39. The zero-order valence-corrected chi connectivity index (χ0v) is 30.0. The lowest BCUT2D eigenvalue weighted by Crippen LogP contribution is -2.59. The predicted molar refractivity (Wildman–Crippen MR) is 191 cm³/mol. The number of aliphatic hydroxyl groups excluding tert-OH is 4. The van der Waals surface area contributed by atoms with Crippen LogP contribution in [0.15, 0.2) is 48.6 Å². The fourth-order valence-electron chi connectivity index (χ4n) is 5.30. The topological polar surface area (TPSA) is 135 Å². The molecule has 4 N–H and O–H groups in total. The highest BCUT2D eigenvalue weighted by molar-refractivity contribution is 5.69. The van der Waals surface area contributed by atoms with Crippen LogP contribution >= 0.6 is 0 Å². The summed E-state index contributed by atoms with van der Waals surface area (Å²) in [7, 11) is 0. The molecule has 9 heteroatoms. The third-order valence-corrected chi connectivity index (χ3v) is 8.26. The van der Waals surface area contributed by atoms with Crippen LogP contribution in [0.25, 0.3) is 0 Å². The van der Waals surface area contributed by atoms with Crippen molar-refractivity contribution in [2.75, 3.05) is 26.4 Å². The number of hydrogen-bond donors (Lipinski definition) is 4. The van der Waals surface area contributed by atoms with Crippen molar-refractivity contribution >= 4 is 5.97 Å². The van der Waals surface area contributed by atoms with E-state index >= 15 is 0 Å². The largest absolute Gasteiger partial charge is 0.457 e. The summed E-state index contributed by atoms with van der Waals surface area (Å²) < 4.78 is 22.6. The van der Waals surface area contributed by atoms with Gasteiger partial charge in [0.25, 0.3) is 0 Å². The Morgan fingerprint density at radius 1 is 0.688 bits per heavy atom. The number of carbonyl (C=O) groups is 1. The highest BCUT2D eigenvalue weighted by Crippen LogP contribution is 2.22. The molecule has 0 aromatic carbocycles. The van der Waals surface area contributed by atoms with Gasteiger partial charge in [0.2, 0.25) is 0 Å². The van der Waals surface area contributed by atoms with Crippen molar-refractivity contribution in [1.82, 2.24) is 0 Å². The van der Waals surface area contributed by atoms with Gasteiger partial charge in [-0.25, -0.2) is 0 Å². The minimum absolute atomic E-state index is 0.122. The first-order valence-corrected chi connectivity index (χ1v) is 18.7. The molecular formula is C39H68O9. The fraction of sp³-hybridized carbons (Fsp3) is 0.769. The van der Waals surface area contributed by atoms with E-state index in [2.05, 4.69) is 62.5 Å². The van der Waals surface area contributed by atoms with Crippen LogP contribution in [-0.4, -0.2) is 89.6 Å². The third kappa shape index (κ3) is 22.7. The highest BCUT2D eigenvalue weighted by atomic mass is 16.7. The van der Waals surface area contributed by atoms with Crippen molar-refractivity contribution in [1.29, 1.82) is 0 Å². The number of carbonyl (C=O) groups excluding carboxylic acids is 1. The predicted octanol–water partition coefficient (Wildman–Crippen LogP) is 7.02. The Kier molecular flexibility index (Phi) is 28.7. The maximum atomic E-state index is 12.6. The van der Waals surface area contributed by atoms with Crippen LogP contribution in [0, 0.1) is 0 Å². The maximum absolute atomic E-state index is 12.6. The van der Waals surface area contributed by atoms with Crippen molar-refractivity contribution in [2.45, 2.75) is 166 Å². The molecule has 0 amide bonds. The summed E-state index contributed by atoms with van der Waals surface area (Å²) in [6, 6.07) is 0. The molecule has 1 saturated heterocycles. The molecule has 1 rings (SSSR count). The molecule has 0 spiro atoms. The van der Waals surface area contributed by atoms with Gasteiger partial charge in [-0.3, -0.25) is 4.79 Å². The Labute approximate surface area is 291 Å². The molecule has 1 heterocycles. The quantitative estimate of drug-likeness (QED) is 0.0359. The molecule has 48 heavy (non-hydrogen) atoms. The van der Waals surface area contributed by atoms with Crippen LogP contribution in [0.5, 0.6) is 0 Å². The number of unbranched alkanes of at least 4 members (excludes halogenated alkanes) is 11. The molecule has 0 aliphatic carbocycles. The molecule has 1 aliphatic rings. The van der Waals surface area contributed by atoms with E-state index in [0.29, 0.717) is 13.0 Å². The molecule has 0 bridgehead atoms. The van der Waals surface area contributed by atoms with Gasteiger partial charge in [-0.1, -0.05) is 120 Å².